The minimum atomic E-state index is 0.601. The van der Waals surface area contributed by atoms with Crippen LogP contribution in [0.1, 0.15) is 59.8 Å². The van der Waals surface area contributed by atoms with Crippen molar-refractivity contribution in [3.05, 3.63) is 0 Å². The molecule has 2 atom stereocenters. The summed E-state index contributed by atoms with van der Waals surface area (Å²) >= 11 is 0. The molecule has 1 fully saturated rings. The van der Waals surface area contributed by atoms with Crippen LogP contribution in [0.4, 0.5) is 0 Å². The highest BCUT2D eigenvalue weighted by atomic mass is 14.4. The third-order valence-electron chi connectivity index (χ3n) is 4.13. The van der Waals surface area contributed by atoms with Crippen molar-refractivity contribution in [2.24, 2.45) is 17.3 Å². The molecule has 0 heterocycles. The van der Waals surface area contributed by atoms with Gasteiger partial charge in [0.15, 0.2) is 0 Å². The van der Waals surface area contributed by atoms with Gasteiger partial charge in [-0.3, -0.25) is 0 Å². The largest absolute Gasteiger partial charge is 0.0651 e. The molecule has 0 aliphatic heterocycles. The number of hydrogen-bond acceptors (Lipinski definition) is 0. The van der Waals surface area contributed by atoms with E-state index < -0.39 is 0 Å². The van der Waals surface area contributed by atoms with Gasteiger partial charge < -0.3 is 0 Å². The molecule has 0 saturated heterocycles. The summed E-state index contributed by atoms with van der Waals surface area (Å²) in [5.41, 5.74) is 0.601. The summed E-state index contributed by atoms with van der Waals surface area (Å²) in [6, 6.07) is 0. The predicted octanol–water partition coefficient (Wildman–Crippen LogP) is 4.25. The molecule has 0 amide bonds. The lowest BCUT2D eigenvalue weighted by Gasteiger charge is -2.30. The molecule has 2 unspecified atom stereocenters. The third-order valence-corrected chi connectivity index (χ3v) is 4.13. The van der Waals surface area contributed by atoms with Crippen LogP contribution in [0.25, 0.3) is 0 Å². The molecule has 0 aromatic carbocycles. The fourth-order valence-electron chi connectivity index (χ4n) is 2.44. The van der Waals surface area contributed by atoms with Crippen molar-refractivity contribution in [3.8, 4) is 0 Å². The van der Waals surface area contributed by atoms with Gasteiger partial charge in [0.2, 0.25) is 0 Å². The Morgan fingerprint density at radius 1 is 1.17 bits per heavy atom. The zero-order valence-electron chi connectivity index (χ0n) is 9.19. The van der Waals surface area contributed by atoms with E-state index in [4.69, 9.17) is 0 Å². The van der Waals surface area contributed by atoms with Crippen molar-refractivity contribution < 1.29 is 0 Å². The molecule has 0 N–H and O–H groups in total. The quantitative estimate of drug-likeness (QED) is 0.591. The maximum atomic E-state index is 2.44. The van der Waals surface area contributed by atoms with Crippen LogP contribution in [-0.2, 0) is 0 Å². The number of hydrogen-bond donors (Lipinski definition) is 0. The first-order chi connectivity index (χ1) is 5.60. The van der Waals surface area contributed by atoms with E-state index in [0.29, 0.717) is 5.41 Å². The monoisotopic (exact) mass is 168 g/mol. The standard InChI is InChI=1S/C12H24/c1-5-10-7-8-11(9-10)12(3,4)6-2/h10-11H,5-9H2,1-4H3. The smallest absolute Gasteiger partial charge is 0.0328 e. The van der Waals surface area contributed by atoms with Crippen LogP contribution in [0.3, 0.4) is 0 Å². The van der Waals surface area contributed by atoms with Gasteiger partial charge in [-0.15, -0.1) is 0 Å². The summed E-state index contributed by atoms with van der Waals surface area (Å²) in [4.78, 5) is 0. The van der Waals surface area contributed by atoms with Gasteiger partial charge in [-0.25, -0.2) is 0 Å². The van der Waals surface area contributed by atoms with Gasteiger partial charge in [0.25, 0.3) is 0 Å². The normalized spacial score (nSPS) is 31.0. The molecule has 0 radical (unpaired) electrons. The summed E-state index contributed by atoms with van der Waals surface area (Å²) in [5, 5.41) is 0. The summed E-state index contributed by atoms with van der Waals surface area (Å²) < 4.78 is 0. The highest BCUT2D eigenvalue weighted by molar-refractivity contribution is 4.84. The average molecular weight is 168 g/mol. The molecule has 1 aliphatic rings. The lowest BCUT2D eigenvalue weighted by Crippen LogP contribution is -2.20. The van der Waals surface area contributed by atoms with Crippen molar-refractivity contribution >= 4 is 0 Å². The topological polar surface area (TPSA) is 0 Å². The van der Waals surface area contributed by atoms with Crippen molar-refractivity contribution in [1.29, 1.82) is 0 Å². The third kappa shape index (κ3) is 2.02. The molecule has 0 nitrogen and oxygen atoms in total. The fourth-order valence-corrected chi connectivity index (χ4v) is 2.44. The second-order valence-electron chi connectivity index (χ2n) is 5.13. The highest BCUT2D eigenvalue weighted by Crippen LogP contribution is 2.44. The van der Waals surface area contributed by atoms with E-state index in [-0.39, 0.29) is 0 Å². The Labute approximate surface area is 77.7 Å². The van der Waals surface area contributed by atoms with Gasteiger partial charge in [0, 0.05) is 0 Å². The maximum absolute atomic E-state index is 2.44. The van der Waals surface area contributed by atoms with Crippen molar-refractivity contribution in [3.63, 3.8) is 0 Å². The first kappa shape index (κ1) is 10.1. The molecular formula is C12H24. The second kappa shape index (κ2) is 3.81. The van der Waals surface area contributed by atoms with Crippen LogP contribution in [0, 0.1) is 17.3 Å². The minimum absolute atomic E-state index is 0.601. The molecule has 12 heavy (non-hydrogen) atoms. The first-order valence-corrected chi connectivity index (χ1v) is 5.60. The summed E-state index contributed by atoms with van der Waals surface area (Å²) in [5.74, 6) is 2.05. The summed E-state index contributed by atoms with van der Waals surface area (Å²) in [7, 11) is 0. The van der Waals surface area contributed by atoms with Gasteiger partial charge in [-0.1, -0.05) is 47.0 Å². The molecule has 1 aliphatic carbocycles. The van der Waals surface area contributed by atoms with Crippen LogP contribution in [0.2, 0.25) is 0 Å². The Bertz CT molecular complexity index is 135. The maximum Gasteiger partial charge on any atom is -0.0328 e. The Balaban J connectivity index is 2.46. The van der Waals surface area contributed by atoms with Crippen LogP contribution in [-0.4, -0.2) is 0 Å². The Kier molecular flexibility index (Phi) is 3.20. The zero-order chi connectivity index (χ0) is 9.19. The molecule has 0 bridgehead atoms. The van der Waals surface area contributed by atoms with Gasteiger partial charge >= 0.3 is 0 Å². The fraction of sp³-hybridized carbons (Fsp3) is 1.00. The lowest BCUT2D eigenvalue weighted by atomic mass is 9.75. The van der Waals surface area contributed by atoms with E-state index in [9.17, 15) is 0 Å². The van der Waals surface area contributed by atoms with E-state index in [1.54, 1.807) is 0 Å². The summed E-state index contributed by atoms with van der Waals surface area (Å²) in [6.45, 7) is 9.55. The van der Waals surface area contributed by atoms with E-state index in [1.165, 1.54) is 32.1 Å². The van der Waals surface area contributed by atoms with Gasteiger partial charge in [0.05, 0.1) is 0 Å². The van der Waals surface area contributed by atoms with E-state index in [2.05, 4.69) is 27.7 Å². The SMILES string of the molecule is CCC1CCC(C(C)(C)CC)C1. The van der Waals surface area contributed by atoms with E-state index in [1.807, 2.05) is 0 Å². The predicted molar refractivity (Wildman–Crippen MR) is 55.2 cm³/mol. The van der Waals surface area contributed by atoms with Crippen LogP contribution >= 0.6 is 0 Å². The van der Waals surface area contributed by atoms with Crippen LogP contribution in [0.5, 0.6) is 0 Å². The first-order valence-electron chi connectivity index (χ1n) is 5.60. The molecule has 72 valence electrons. The zero-order valence-corrected chi connectivity index (χ0v) is 9.19. The Morgan fingerprint density at radius 3 is 2.25 bits per heavy atom. The highest BCUT2D eigenvalue weighted by Gasteiger charge is 2.33. The van der Waals surface area contributed by atoms with Crippen molar-refractivity contribution in [1.82, 2.24) is 0 Å². The molecule has 0 spiro atoms. The molecule has 0 aromatic heterocycles. The van der Waals surface area contributed by atoms with Crippen molar-refractivity contribution in [2.45, 2.75) is 59.8 Å². The Morgan fingerprint density at radius 2 is 1.83 bits per heavy atom. The van der Waals surface area contributed by atoms with E-state index in [0.717, 1.165) is 11.8 Å². The van der Waals surface area contributed by atoms with Crippen LogP contribution in [0.15, 0.2) is 0 Å². The average Bonchev–Trinajstić information content (AvgIpc) is 2.52. The van der Waals surface area contributed by atoms with Gasteiger partial charge in [-0.2, -0.15) is 0 Å². The molecule has 1 saturated carbocycles. The van der Waals surface area contributed by atoms with E-state index >= 15 is 0 Å². The number of rotatable bonds is 3. The molecular weight excluding hydrogens is 144 g/mol. The van der Waals surface area contributed by atoms with Crippen molar-refractivity contribution in [2.75, 3.05) is 0 Å². The molecule has 0 aromatic rings. The van der Waals surface area contributed by atoms with Crippen LogP contribution < -0.4 is 0 Å². The molecule has 1 rings (SSSR count). The Hall–Kier alpha value is 0. The van der Waals surface area contributed by atoms with Gasteiger partial charge in [-0.05, 0) is 30.1 Å². The van der Waals surface area contributed by atoms with Gasteiger partial charge in [0.1, 0.15) is 0 Å². The molecule has 0 heteroatoms. The second-order valence-corrected chi connectivity index (χ2v) is 5.13. The minimum Gasteiger partial charge on any atom is -0.0651 e. The summed E-state index contributed by atoms with van der Waals surface area (Å²) in [6.07, 6.45) is 7.21. The lowest BCUT2D eigenvalue weighted by molar-refractivity contribution is 0.202.